The standard InChI is InChI=1S/C7H5BrFNO3/c8-5-1-4(3-11)6(9)2-7(5)10(12)13/h1-2,11H,3H2. The Kier molecular flexibility index (Phi) is 2.94. The smallest absolute Gasteiger partial charge is 0.286 e. The molecular weight excluding hydrogens is 245 g/mol. The Labute approximate surface area is 81.3 Å². The molecule has 0 aliphatic rings. The molecule has 0 atom stereocenters. The molecule has 1 aromatic rings. The summed E-state index contributed by atoms with van der Waals surface area (Å²) in [7, 11) is 0. The molecule has 0 fully saturated rings. The van der Waals surface area contributed by atoms with Gasteiger partial charge in [-0.1, -0.05) is 0 Å². The van der Waals surface area contributed by atoms with Crippen LogP contribution in [0.3, 0.4) is 0 Å². The molecule has 1 rings (SSSR count). The minimum atomic E-state index is -0.780. The lowest BCUT2D eigenvalue weighted by molar-refractivity contribution is -0.385. The van der Waals surface area contributed by atoms with Crippen molar-refractivity contribution in [3.63, 3.8) is 0 Å². The largest absolute Gasteiger partial charge is 0.392 e. The second-order valence-corrected chi connectivity index (χ2v) is 3.16. The average molecular weight is 250 g/mol. The lowest BCUT2D eigenvalue weighted by Crippen LogP contribution is -1.95. The SMILES string of the molecule is O=[N+]([O-])c1cc(F)c(CO)cc1Br. The van der Waals surface area contributed by atoms with Crippen LogP contribution in [-0.2, 0) is 6.61 Å². The number of benzene rings is 1. The van der Waals surface area contributed by atoms with Gasteiger partial charge in [-0.15, -0.1) is 0 Å². The van der Waals surface area contributed by atoms with E-state index in [1.807, 2.05) is 0 Å². The highest BCUT2D eigenvalue weighted by Gasteiger charge is 2.15. The van der Waals surface area contributed by atoms with Crippen molar-refractivity contribution in [2.75, 3.05) is 0 Å². The lowest BCUT2D eigenvalue weighted by Gasteiger charge is -2.00. The lowest BCUT2D eigenvalue weighted by atomic mass is 10.2. The van der Waals surface area contributed by atoms with E-state index in [-0.39, 0.29) is 15.7 Å². The molecule has 4 nitrogen and oxygen atoms in total. The zero-order valence-electron chi connectivity index (χ0n) is 6.33. The minimum absolute atomic E-state index is 0.0254. The van der Waals surface area contributed by atoms with E-state index in [0.717, 1.165) is 6.07 Å². The number of hydrogen-bond acceptors (Lipinski definition) is 3. The summed E-state index contributed by atoms with van der Waals surface area (Å²) in [4.78, 5) is 9.62. The van der Waals surface area contributed by atoms with Gasteiger partial charge in [0.05, 0.1) is 22.1 Å². The molecule has 0 aliphatic carbocycles. The number of halogens is 2. The molecule has 1 N–H and O–H groups in total. The van der Waals surface area contributed by atoms with E-state index in [1.54, 1.807) is 0 Å². The highest BCUT2D eigenvalue weighted by Crippen LogP contribution is 2.27. The van der Waals surface area contributed by atoms with E-state index in [4.69, 9.17) is 5.11 Å². The minimum Gasteiger partial charge on any atom is -0.392 e. The molecule has 0 spiro atoms. The van der Waals surface area contributed by atoms with Gasteiger partial charge in [0, 0.05) is 5.56 Å². The van der Waals surface area contributed by atoms with Gasteiger partial charge in [0.25, 0.3) is 5.69 Å². The summed E-state index contributed by atoms with van der Waals surface area (Å²) in [5, 5.41) is 19.0. The highest BCUT2D eigenvalue weighted by atomic mass is 79.9. The number of rotatable bonds is 2. The van der Waals surface area contributed by atoms with Crippen molar-refractivity contribution in [2.45, 2.75) is 6.61 Å². The molecule has 0 amide bonds. The van der Waals surface area contributed by atoms with Gasteiger partial charge in [0.15, 0.2) is 0 Å². The number of aliphatic hydroxyl groups excluding tert-OH is 1. The summed E-state index contributed by atoms with van der Waals surface area (Å²) < 4.78 is 13.1. The van der Waals surface area contributed by atoms with Crippen LogP contribution < -0.4 is 0 Å². The Balaban J connectivity index is 3.28. The summed E-state index contributed by atoms with van der Waals surface area (Å²) in [6.45, 7) is -0.484. The molecule has 0 aliphatic heterocycles. The average Bonchev–Trinajstić information content (AvgIpc) is 2.07. The van der Waals surface area contributed by atoms with E-state index < -0.39 is 17.3 Å². The van der Waals surface area contributed by atoms with E-state index >= 15 is 0 Å². The first-order valence-corrected chi connectivity index (χ1v) is 4.08. The van der Waals surface area contributed by atoms with Crippen LogP contribution >= 0.6 is 15.9 Å². The number of hydrogen-bond donors (Lipinski definition) is 1. The van der Waals surface area contributed by atoms with Crippen LogP contribution in [-0.4, -0.2) is 10.0 Å². The Bertz CT molecular complexity index is 356. The molecule has 0 bridgehead atoms. The normalized spacial score (nSPS) is 10.1. The summed E-state index contributed by atoms with van der Waals surface area (Å²) in [6, 6.07) is 1.96. The van der Waals surface area contributed by atoms with Gasteiger partial charge < -0.3 is 5.11 Å². The molecule has 6 heteroatoms. The van der Waals surface area contributed by atoms with Gasteiger partial charge in [0.2, 0.25) is 0 Å². The molecule has 0 saturated carbocycles. The van der Waals surface area contributed by atoms with E-state index in [1.165, 1.54) is 6.07 Å². The molecule has 1 aromatic carbocycles. The molecule has 0 saturated heterocycles. The molecule has 0 unspecified atom stereocenters. The zero-order valence-corrected chi connectivity index (χ0v) is 7.91. The maximum Gasteiger partial charge on any atom is 0.286 e. The summed E-state index contributed by atoms with van der Waals surface area (Å²) >= 11 is 2.90. The number of nitrogens with zero attached hydrogens (tertiary/aromatic N) is 1. The van der Waals surface area contributed by atoms with Crippen molar-refractivity contribution in [1.82, 2.24) is 0 Å². The first kappa shape index (κ1) is 10.1. The maximum absolute atomic E-state index is 12.9. The van der Waals surface area contributed by atoms with Crippen LogP contribution in [0.2, 0.25) is 0 Å². The summed E-state index contributed by atoms with van der Waals surface area (Å²) in [5.74, 6) is -0.780. The Hall–Kier alpha value is -1.01. The van der Waals surface area contributed by atoms with Crippen molar-refractivity contribution >= 4 is 21.6 Å². The van der Waals surface area contributed by atoms with Crippen molar-refractivity contribution in [3.05, 3.63) is 38.1 Å². The van der Waals surface area contributed by atoms with Crippen molar-refractivity contribution < 1.29 is 14.4 Å². The topological polar surface area (TPSA) is 63.4 Å². The van der Waals surface area contributed by atoms with Gasteiger partial charge in [0.1, 0.15) is 5.82 Å². The van der Waals surface area contributed by atoms with Crippen LogP contribution in [0.25, 0.3) is 0 Å². The maximum atomic E-state index is 12.9. The van der Waals surface area contributed by atoms with Crippen LogP contribution in [0.1, 0.15) is 5.56 Å². The van der Waals surface area contributed by atoms with Gasteiger partial charge in [-0.05, 0) is 22.0 Å². The van der Waals surface area contributed by atoms with E-state index in [2.05, 4.69) is 15.9 Å². The number of aliphatic hydroxyl groups is 1. The second kappa shape index (κ2) is 3.80. The monoisotopic (exact) mass is 249 g/mol. The van der Waals surface area contributed by atoms with Crippen LogP contribution in [0, 0.1) is 15.9 Å². The number of nitro groups is 1. The van der Waals surface area contributed by atoms with E-state index in [9.17, 15) is 14.5 Å². The van der Waals surface area contributed by atoms with Crippen LogP contribution in [0.4, 0.5) is 10.1 Å². The van der Waals surface area contributed by atoms with Crippen molar-refractivity contribution in [3.8, 4) is 0 Å². The molecular formula is C7H5BrFNO3. The third kappa shape index (κ3) is 2.02. The molecule has 13 heavy (non-hydrogen) atoms. The predicted molar refractivity (Wildman–Crippen MR) is 46.7 cm³/mol. The first-order valence-electron chi connectivity index (χ1n) is 3.29. The first-order chi connectivity index (χ1) is 6.06. The molecule has 0 aromatic heterocycles. The van der Waals surface area contributed by atoms with Crippen molar-refractivity contribution in [1.29, 1.82) is 0 Å². The highest BCUT2D eigenvalue weighted by molar-refractivity contribution is 9.10. The third-order valence-corrected chi connectivity index (χ3v) is 2.12. The molecule has 70 valence electrons. The van der Waals surface area contributed by atoms with Gasteiger partial charge >= 0.3 is 0 Å². The second-order valence-electron chi connectivity index (χ2n) is 2.31. The number of nitro benzene ring substituents is 1. The Morgan fingerprint density at radius 1 is 1.62 bits per heavy atom. The molecule has 0 heterocycles. The van der Waals surface area contributed by atoms with Crippen LogP contribution in [0.5, 0.6) is 0 Å². The third-order valence-electron chi connectivity index (χ3n) is 1.48. The van der Waals surface area contributed by atoms with Gasteiger partial charge in [-0.2, -0.15) is 0 Å². The fraction of sp³-hybridized carbons (Fsp3) is 0.143. The summed E-state index contributed by atoms with van der Waals surface area (Å²) in [6.07, 6.45) is 0. The zero-order chi connectivity index (χ0) is 10.0. The fourth-order valence-corrected chi connectivity index (χ4v) is 1.37. The fourth-order valence-electron chi connectivity index (χ4n) is 0.839. The Morgan fingerprint density at radius 3 is 2.69 bits per heavy atom. The Morgan fingerprint density at radius 2 is 2.23 bits per heavy atom. The van der Waals surface area contributed by atoms with Crippen LogP contribution in [0.15, 0.2) is 16.6 Å². The van der Waals surface area contributed by atoms with E-state index in [0.29, 0.717) is 0 Å². The van der Waals surface area contributed by atoms with Gasteiger partial charge in [-0.25, -0.2) is 4.39 Å². The predicted octanol–water partition coefficient (Wildman–Crippen LogP) is 1.99. The molecule has 0 radical (unpaired) electrons. The van der Waals surface area contributed by atoms with Crippen molar-refractivity contribution in [2.24, 2.45) is 0 Å². The van der Waals surface area contributed by atoms with Gasteiger partial charge in [-0.3, -0.25) is 10.1 Å². The summed E-state index contributed by atoms with van der Waals surface area (Å²) in [5.41, 5.74) is -0.327. The quantitative estimate of drug-likeness (QED) is 0.644.